The molecule has 0 aliphatic carbocycles. The minimum absolute atomic E-state index is 0.0197. The minimum atomic E-state index is -4.58. The van der Waals surface area contributed by atoms with Gasteiger partial charge in [0.2, 0.25) is 0 Å². The Labute approximate surface area is 161 Å². The second-order valence-corrected chi connectivity index (χ2v) is 6.79. The lowest BCUT2D eigenvalue weighted by atomic mass is 10.0. The fourth-order valence-electron chi connectivity index (χ4n) is 3.46. The molecule has 1 saturated heterocycles. The van der Waals surface area contributed by atoms with Crippen molar-refractivity contribution in [1.29, 1.82) is 0 Å². The first kappa shape index (κ1) is 19.2. The van der Waals surface area contributed by atoms with Crippen LogP contribution in [0.15, 0.2) is 53.3 Å². The summed E-state index contributed by atoms with van der Waals surface area (Å²) in [7, 11) is 0. The highest BCUT2D eigenvalue weighted by molar-refractivity contribution is 6.01. The fraction of sp³-hybridized carbons (Fsp3) is 0.200. The van der Waals surface area contributed by atoms with E-state index in [1.807, 2.05) is 0 Å². The number of nitrogens with zero attached hydrogens (tertiary/aromatic N) is 1. The number of benzene rings is 2. The molecule has 2 atom stereocenters. The van der Waals surface area contributed by atoms with Gasteiger partial charge < -0.3 is 20.1 Å². The lowest BCUT2D eigenvalue weighted by Crippen LogP contribution is -2.29. The number of β-amino-alcohol motifs (C(OH)–C–C–N with tert-alkyl or cyclic N) is 1. The van der Waals surface area contributed by atoms with E-state index in [2.05, 4.69) is 4.98 Å². The van der Waals surface area contributed by atoms with Crippen LogP contribution in [-0.2, 0) is 11.0 Å². The average Bonchev–Trinajstić information content (AvgIpc) is 2.94. The molecule has 2 heterocycles. The molecule has 1 aliphatic heterocycles. The van der Waals surface area contributed by atoms with Crippen LogP contribution in [-0.4, -0.2) is 39.9 Å². The summed E-state index contributed by atoms with van der Waals surface area (Å²) in [5.41, 5.74) is -1.32. The number of aromatic amines is 1. The summed E-state index contributed by atoms with van der Waals surface area (Å²) in [5.74, 6) is -0.691. The van der Waals surface area contributed by atoms with Crippen molar-refractivity contribution in [2.24, 2.45) is 0 Å². The highest BCUT2D eigenvalue weighted by atomic mass is 19.4. The summed E-state index contributed by atoms with van der Waals surface area (Å²) in [5, 5.41) is 19.8. The Bertz CT molecular complexity index is 1170. The van der Waals surface area contributed by atoms with Crippen LogP contribution in [0, 0.1) is 0 Å². The standard InChI is InChI=1S/C20H15F3N2O4/c21-20(22,23)14-4-2-1-3-12(14)15-7-10-5-6-11(8-13(10)18(28)24-15)25-9-16(26)17(27)19(25)29/h1-8,16-17,26-27H,9H2,(H,24,28)/t16-,17?/m1/s1. The molecule has 1 unspecified atom stereocenters. The molecular formula is C20H15F3N2O4. The number of nitrogens with one attached hydrogen (secondary N) is 1. The van der Waals surface area contributed by atoms with Crippen molar-refractivity contribution in [2.45, 2.75) is 18.4 Å². The second kappa shape index (κ2) is 6.71. The molecule has 1 amide bonds. The van der Waals surface area contributed by atoms with E-state index >= 15 is 0 Å². The Morgan fingerprint density at radius 1 is 1.03 bits per heavy atom. The molecule has 4 rings (SSSR count). The molecule has 0 saturated carbocycles. The maximum absolute atomic E-state index is 13.3. The first-order chi connectivity index (χ1) is 13.7. The smallest absolute Gasteiger partial charge is 0.388 e. The number of rotatable bonds is 2. The number of pyridine rings is 1. The van der Waals surface area contributed by atoms with E-state index in [-0.39, 0.29) is 23.2 Å². The van der Waals surface area contributed by atoms with Gasteiger partial charge in [-0.15, -0.1) is 0 Å². The zero-order valence-corrected chi connectivity index (χ0v) is 14.8. The molecule has 9 heteroatoms. The van der Waals surface area contributed by atoms with Gasteiger partial charge in [-0.1, -0.05) is 24.3 Å². The number of carbonyl (C=O) groups excluding carboxylic acids is 1. The van der Waals surface area contributed by atoms with E-state index in [0.29, 0.717) is 11.1 Å². The average molecular weight is 404 g/mol. The van der Waals surface area contributed by atoms with Crippen LogP contribution in [0.25, 0.3) is 22.0 Å². The van der Waals surface area contributed by atoms with Gasteiger partial charge in [0, 0.05) is 22.3 Å². The number of halogens is 3. The maximum atomic E-state index is 13.3. The molecule has 6 nitrogen and oxygen atoms in total. The van der Waals surface area contributed by atoms with E-state index in [1.54, 1.807) is 0 Å². The summed E-state index contributed by atoms with van der Waals surface area (Å²) in [4.78, 5) is 28.2. The lowest BCUT2D eigenvalue weighted by molar-refractivity contribution is -0.137. The molecular weight excluding hydrogens is 389 g/mol. The fourth-order valence-corrected chi connectivity index (χ4v) is 3.46. The van der Waals surface area contributed by atoms with Gasteiger partial charge in [-0.3, -0.25) is 9.59 Å². The van der Waals surface area contributed by atoms with Crippen molar-refractivity contribution >= 4 is 22.4 Å². The molecule has 3 aromatic rings. The van der Waals surface area contributed by atoms with Crippen LogP contribution in [0.1, 0.15) is 5.56 Å². The Balaban J connectivity index is 1.81. The number of anilines is 1. The van der Waals surface area contributed by atoms with Gasteiger partial charge in [-0.05, 0) is 29.7 Å². The van der Waals surface area contributed by atoms with Crippen molar-refractivity contribution in [3.8, 4) is 11.3 Å². The monoisotopic (exact) mass is 404 g/mol. The van der Waals surface area contributed by atoms with E-state index < -0.39 is 35.4 Å². The Morgan fingerprint density at radius 2 is 1.76 bits per heavy atom. The number of carbonyl (C=O) groups is 1. The number of aromatic nitrogens is 1. The molecule has 29 heavy (non-hydrogen) atoms. The van der Waals surface area contributed by atoms with Gasteiger partial charge >= 0.3 is 6.18 Å². The maximum Gasteiger partial charge on any atom is 0.417 e. The molecule has 1 aromatic heterocycles. The number of hydrogen-bond donors (Lipinski definition) is 3. The third kappa shape index (κ3) is 3.28. The summed E-state index contributed by atoms with van der Waals surface area (Å²) < 4.78 is 39.9. The van der Waals surface area contributed by atoms with Crippen LogP contribution < -0.4 is 10.5 Å². The van der Waals surface area contributed by atoms with Gasteiger partial charge in [0.25, 0.3) is 11.5 Å². The predicted octanol–water partition coefficient (Wildman–Crippen LogP) is 2.28. The molecule has 150 valence electrons. The molecule has 0 bridgehead atoms. The van der Waals surface area contributed by atoms with Crippen LogP contribution in [0.5, 0.6) is 0 Å². The number of hydrogen-bond acceptors (Lipinski definition) is 4. The largest absolute Gasteiger partial charge is 0.417 e. The van der Waals surface area contributed by atoms with Gasteiger partial charge in [0.15, 0.2) is 6.10 Å². The number of aliphatic hydroxyl groups is 2. The Hall–Kier alpha value is -3.17. The molecule has 0 spiro atoms. The summed E-state index contributed by atoms with van der Waals surface area (Å²) in [6, 6.07) is 10.8. The normalized spacial score (nSPS) is 19.9. The lowest BCUT2D eigenvalue weighted by Gasteiger charge is -2.17. The van der Waals surface area contributed by atoms with Crippen molar-refractivity contribution in [2.75, 3.05) is 11.4 Å². The number of aliphatic hydroxyl groups excluding tert-OH is 2. The zero-order chi connectivity index (χ0) is 20.9. The van der Waals surface area contributed by atoms with Crippen LogP contribution in [0.3, 0.4) is 0 Å². The van der Waals surface area contributed by atoms with Gasteiger partial charge in [-0.2, -0.15) is 13.2 Å². The van der Waals surface area contributed by atoms with Gasteiger partial charge in [-0.25, -0.2) is 0 Å². The molecule has 1 aliphatic rings. The summed E-state index contributed by atoms with van der Waals surface area (Å²) in [6.45, 7) is -0.125. The van der Waals surface area contributed by atoms with E-state index in [9.17, 15) is 33.0 Å². The summed E-state index contributed by atoms with van der Waals surface area (Å²) >= 11 is 0. The molecule has 2 aromatic carbocycles. The van der Waals surface area contributed by atoms with Gasteiger partial charge in [0.05, 0.1) is 12.1 Å². The number of fused-ring (bicyclic) bond motifs is 1. The van der Waals surface area contributed by atoms with Crippen molar-refractivity contribution in [3.05, 3.63) is 64.4 Å². The topological polar surface area (TPSA) is 93.6 Å². The van der Waals surface area contributed by atoms with Crippen LogP contribution >= 0.6 is 0 Å². The van der Waals surface area contributed by atoms with E-state index in [1.165, 1.54) is 42.5 Å². The van der Waals surface area contributed by atoms with Crippen molar-refractivity contribution in [3.63, 3.8) is 0 Å². The quantitative estimate of drug-likeness (QED) is 0.611. The second-order valence-electron chi connectivity index (χ2n) is 6.79. The molecule has 3 N–H and O–H groups in total. The minimum Gasteiger partial charge on any atom is -0.388 e. The Morgan fingerprint density at radius 3 is 2.41 bits per heavy atom. The van der Waals surface area contributed by atoms with Crippen LogP contribution in [0.4, 0.5) is 18.9 Å². The molecule has 0 radical (unpaired) electrons. The highest BCUT2D eigenvalue weighted by Gasteiger charge is 2.39. The van der Waals surface area contributed by atoms with Gasteiger partial charge in [0.1, 0.15) is 6.10 Å². The third-order valence-electron chi connectivity index (χ3n) is 4.92. The first-order valence-electron chi connectivity index (χ1n) is 8.68. The number of H-pyrrole nitrogens is 1. The zero-order valence-electron chi connectivity index (χ0n) is 14.8. The number of alkyl halides is 3. The first-order valence-corrected chi connectivity index (χ1v) is 8.68. The van der Waals surface area contributed by atoms with Crippen molar-refractivity contribution < 1.29 is 28.2 Å². The van der Waals surface area contributed by atoms with Crippen molar-refractivity contribution in [1.82, 2.24) is 4.98 Å². The predicted molar refractivity (Wildman–Crippen MR) is 99.4 cm³/mol. The highest BCUT2D eigenvalue weighted by Crippen LogP contribution is 2.36. The third-order valence-corrected chi connectivity index (χ3v) is 4.92. The Kier molecular flexibility index (Phi) is 4.44. The van der Waals surface area contributed by atoms with Crippen LogP contribution in [0.2, 0.25) is 0 Å². The van der Waals surface area contributed by atoms with E-state index in [0.717, 1.165) is 11.0 Å². The summed E-state index contributed by atoms with van der Waals surface area (Å²) in [6.07, 6.45) is -7.35. The molecule has 1 fully saturated rings. The SMILES string of the molecule is O=C1C(O)[C@H](O)CN1c1ccc2cc(-c3ccccc3C(F)(F)F)[nH]c(=O)c2c1. The van der Waals surface area contributed by atoms with E-state index in [4.69, 9.17) is 0 Å². The number of amides is 1.